The van der Waals surface area contributed by atoms with Crippen molar-refractivity contribution >= 4 is 6.16 Å². The normalized spacial score (nSPS) is 19.0. The average Bonchev–Trinajstić information content (AvgIpc) is 2.49. The zero-order valence-corrected chi connectivity index (χ0v) is 12.7. The minimum absolute atomic E-state index is 0.0782. The number of ether oxygens (including phenoxy) is 3. The lowest BCUT2D eigenvalue weighted by Crippen LogP contribution is -2.42. The molecule has 0 spiro atoms. The number of carbonyl (C=O) groups is 1. The van der Waals surface area contributed by atoms with Gasteiger partial charge >= 0.3 is 6.16 Å². The maximum Gasteiger partial charge on any atom is 0.508 e. The number of aryl methyl sites for hydroxylation is 1. The van der Waals surface area contributed by atoms with Crippen molar-refractivity contribution in [2.45, 2.75) is 25.9 Å². The highest BCUT2D eigenvalue weighted by molar-refractivity contribution is 5.59. The summed E-state index contributed by atoms with van der Waals surface area (Å²) < 4.78 is 15.5. The van der Waals surface area contributed by atoms with Crippen molar-refractivity contribution < 1.29 is 19.0 Å². The molecule has 0 N–H and O–H groups in total. The lowest BCUT2D eigenvalue weighted by molar-refractivity contribution is 0.00199. The number of rotatable bonds is 5. The van der Waals surface area contributed by atoms with Crippen LogP contribution in [0.4, 0.5) is 4.79 Å². The Morgan fingerprint density at radius 2 is 2.10 bits per heavy atom. The van der Waals surface area contributed by atoms with Gasteiger partial charge in [-0.25, -0.2) is 4.79 Å². The van der Waals surface area contributed by atoms with Gasteiger partial charge in [-0.05, 0) is 38.4 Å². The van der Waals surface area contributed by atoms with E-state index >= 15 is 0 Å². The SMILES string of the molecule is COC(=O)OC1CCCN(CCOc2ccc(C)cc2)C1. The number of hydrogen-bond acceptors (Lipinski definition) is 5. The lowest BCUT2D eigenvalue weighted by Gasteiger charge is -2.31. The first kappa shape index (κ1) is 15.6. The van der Waals surface area contributed by atoms with E-state index in [1.807, 2.05) is 24.3 Å². The molecular formula is C16H23NO4. The maximum atomic E-state index is 11.1. The van der Waals surface area contributed by atoms with Gasteiger partial charge in [0.1, 0.15) is 18.5 Å². The van der Waals surface area contributed by atoms with Gasteiger partial charge in [0.05, 0.1) is 7.11 Å². The molecule has 0 bridgehead atoms. The average molecular weight is 293 g/mol. The molecule has 1 unspecified atom stereocenters. The standard InChI is InChI=1S/C16H23NO4/c1-13-5-7-14(8-6-13)20-11-10-17-9-3-4-15(12-17)21-16(18)19-2/h5-8,15H,3-4,9-12H2,1-2H3. The van der Waals surface area contributed by atoms with E-state index in [2.05, 4.69) is 16.6 Å². The Bertz CT molecular complexity index is 446. The largest absolute Gasteiger partial charge is 0.508 e. The summed E-state index contributed by atoms with van der Waals surface area (Å²) in [5, 5.41) is 0. The van der Waals surface area contributed by atoms with Crippen LogP contribution in [-0.2, 0) is 9.47 Å². The quantitative estimate of drug-likeness (QED) is 0.781. The number of methoxy groups -OCH3 is 1. The number of likely N-dealkylation sites (tertiary alicyclic amines) is 1. The van der Waals surface area contributed by atoms with Gasteiger partial charge in [0.15, 0.2) is 0 Å². The van der Waals surface area contributed by atoms with E-state index in [1.165, 1.54) is 12.7 Å². The molecule has 0 radical (unpaired) electrons. The highest BCUT2D eigenvalue weighted by Crippen LogP contribution is 2.15. The Kier molecular flexibility index (Phi) is 5.87. The Hall–Kier alpha value is -1.75. The third-order valence-corrected chi connectivity index (χ3v) is 3.59. The number of benzene rings is 1. The van der Waals surface area contributed by atoms with Gasteiger partial charge in [-0.3, -0.25) is 4.90 Å². The summed E-state index contributed by atoms with van der Waals surface area (Å²) in [6.45, 7) is 5.27. The highest BCUT2D eigenvalue weighted by Gasteiger charge is 2.23. The summed E-state index contributed by atoms with van der Waals surface area (Å²) in [4.78, 5) is 13.4. The minimum Gasteiger partial charge on any atom is -0.492 e. The monoisotopic (exact) mass is 293 g/mol. The molecule has 2 rings (SSSR count). The fourth-order valence-corrected chi connectivity index (χ4v) is 2.42. The number of carbonyl (C=O) groups excluding carboxylic acids is 1. The predicted octanol–water partition coefficient (Wildman–Crippen LogP) is 2.62. The van der Waals surface area contributed by atoms with Gasteiger partial charge in [0, 0.05) is 13.1 Å². The second-order valence-corrected chi connectivity index (χ2v) is 5.30. The van der Waals surface area contributed by atoms with Crippen LogP contribution in [0.3, 0.4) is 0 Å². The molecule has 0 aliphatic carbocycles. The third kappa shape index (κ3) is 5.27. The zero-order chi connectivity index (χ0) is 15.1. The molecule has 5 heteroatoms. The minimum atomic E-state index is -0.599. The maximum absolute atomic E-state index is 11.1. The second kappa shape index (κ2) is 7.88. The summed E-state index contributed by atoms with van der Waals surface area (Å²) in [6.07, 6.45) is 1.24. The lowest BCUT2D eigenvalue weighted by atomic mass is 10.1. The van der Waals surface area contributed by atoms with Gasteiger partial charge in [-0.1, -0.05) is 17.7 Å². The van der Waals surface area contributed by atoms with E-state index in [0.29, 0.717) is 6.61 Å². The molecule has 21 heavy (non-hydrogen) atoms. The van der Waals surface area contributed by atoms with Crippen molar-refractivity contribution in [1.82, 2.24) is 4.90 Å². The van der Waals surface area contributed by atoms with Crippen LogP contribution in [-0.4, -0.2) is 50.5 Å². The van der Waals surface area contributed by atoms with Crippen LogP contribution in [0.5, 0.6) is 5.75 Å². The van der Waals surface area contributed by atoms with Crippen LogP contribution in [0, 0.1) is 6.92 Å². The van der Waals surface area contributed by atoms with Gasteiger partial charge in [0.2, 0.25) is 0 Å². The van der Waals surface area contributed by atoms with Gasteiger partial charge in [-0.15, -0.1) is 0 Å². The van der Waals surface area contributed by atoms with E-state index < -0.39 is 6.16 Å². The molecule has 0 aromatic heterocycles. The van der Waals surface area contributed by atoms with E-state index in [-0.39, 0.29) is 6.10 Å². The van der Waals surface area contributed by atoms with Gasteiger partial charge in [0.25, 0.3) is 0 Å². The number of nitrogens with zero attached hydrogens (tertiary/aromatic N) is 1. The molecule has 1 heterocycles. The number of hydrogen-bond donors (Lipinski definition) is 0. The topological polar surface area (TPSA) is 48.0 Å². The van der Waals surface area contributed by atoms with E-state index in [0.717, 1.165) is 38.2 Å². The third-order valence-electron chi connectivity index (χ3n) is 3.59. The Labute approximate surface area is 125 Å². The summed E-state index contributed by atoms with van der Waals surface area (Å²) >= 11 is 0. The molecule has 1 fully saturated rings. The van der Waals surface area contributed by atoms with Crippen LogP contribution in [0.2, 0.25) is 0 Å². The fraction of sp³-hybridized carbons (Fsp3) is 0.562. The predicted molar refractivity (Wildman–Crippen MR) is 79.6 cm³/mol. The van der Waals surface area contributed by atoms with Crippen molar-refractivity contribution in [2.24, 2.45) is 0 Å². The van der Waals surface area contributed by atoms with Gasteiger partial charge in [-0.2, -0.15) is 0 Å². The van der Waals surface area contributed by atoms with Crippen LogP contribution >= 0.6 is 0 Å². The Morgan fingerprint density at radius 3 is 2.81 bits per heavy atom. The molecule has 5 nitrogen and oxygen atoms in total. The highest BCUT2D eigenvalue weighted by atomic mass is 16.7. The Morgan fingerprint density at radius 1 is 1.33 bits per heavy atom. The summed E-state index contributed by atoms with van der Waals surface area (Å²) in [7, 11) is 1.33. The van der Waals surface area contributed by atoms with Crippen molar-refractivity contribution in [3.05, 3.63) is 29.8 Å². The first-order chi connectivity index (χ1) is 10.2. The second-order valence-electron chi connectivity index (χ2n) is 5.30. The molecule has 1 aromatic rings. The van der Waals surface area contributed by atoms with E-state index in [4.69, 9.17) is 9.47 Å². The first-order valence-corrected chi connectivity index (χ1v) is 7.34. The van der Waals surface area contributed by atoms with Crippen molar-refractivity contribution in [3.8, 4) is 5.75 Å². The first-order valence-electron chi connectivity index (χ1n) is 7.34. The molecule has 1 aromatic carbocycles. The van der Waals surface area contributed by atoms with Gasteiger partial charge < -0.3 is 14.2 Å². The molecule has 116 valence electrons. The zero-order valence-electron chi connectivity index (χ0n) is 12.7. The molecule has 1 atom stereocenters. The van der Waals surface area contributed by atoms with Crippen molar-refractivity contribution in [3.63, 3.8) is 0 Å². The fourth-order valence-electron chi connectivity index (χ4n) is 2.42. The van der Waals surface area contributed by atoms with Crippen LogP contribution in [0.1, 0.15) is 18.4 Å². The summed E-state index contributed by atoms with van der Waals surface area (Å²) in [5.41, 5.74) is 1.22. The van der Waals surface area contributed by atoms with Crippen molar-refractivity contribution in [2.75, 3.05) is 33.4 Å². The van der Waals surface area contributed by atoms with Crippen LogP contribution in [0.15, 0.2) is 24.3 Å². The Balaban J connectivity index is 1.70. The molecule has 1 aliphatic rings. The van der Waals surface area contributed by atoms with Crippen LogP contribution in [0.25, 0.3) is 0 Å². The van der Waals surface area contributed by atoms with Crippen molar-refractivity contribution in [1.29, 1.82) is 0 Å². The molecule has 1 aliphatic heterocycles. The molecular weight excluding hydrogens is 270 g/mol. The van der Waals surface area contributed by atoms with Crippen LogP contribution < -0.4 is 4.74 Å². The molecule has 0 saturated carbocycles. The van der Waals surface area contributed by atoms with E-state index in [9.17, 15) is 4.79 Å². The molecule has 0 amide bonds. The van der Waals surface area contributed by atoms with E-state index in [1.54, 1.807) is 0 Å². The number of piperidine rings is 1. The summed E-state index contributed by atoms with van der Waals surface area (Å²) in [6, 6.07) is 8.04. The smallest absolute Gasteiger partial charge is 0.492 e. The summed E-state index contributed by atoms with van der Waals surface area (Å²) in [5.74, 6) is 0.889. The molecule has 1 saturated heterocycles.